The third kappa shape index (κ3) is 4.90. The van der Waals surface area contributed by atoms with E-state index in [9.17, 15) is 4.79 Å². The minimum atomic E-state index is -0.199. The Bertz CT molecular complexity index is 973. The molecule has 2 aliphatic carbocycles. The van der Waals surface area contributed by atoms with E-state index in [0.717, 1.165) is 62.9 Å². The molecule has 0 saturated heterocycles. The molecule has 168 valence electrons. The highest BCUT2D eigenvalue weighted by molar-refractivity contribution is 5.78. The van der Waals surface area contributed by atoms with E-state index in [4.69, 9.17) is 15.2 Å². The molecule has 0 atom stereocenters. The molecule has 0 bridgehead atoms. The highest BCUT2D eigenvalue weighted by Gasteiger charge is 2.21. The van der Waals surface area contributed by atoms with Gasteiger partial charge < -0.3 is 15.2 Å². The fourth-order valence-corrected chi connectivity index (χ4v) is 4.98. The number of aryl methyl sites for hydroxylation is 2. The SMILES string of the molecule is COc1ccc2c(c1)C(CCC(CCC1=CCCc3ccc(OC)cc31)C(N)=O)=CCC2. The van der Waals surface area contributed by atoms with Crippen LogP contribution in [0.4, 0.5) is 0 Å². The van der Waals surface area contributed by atoms with Crippen LogP contribution < -0.4 is 15.2 Å². The summed E-state index contributed by atoms with van der Waals surface area (Å²) in [5.41, 5.74) is 13.7. The summed E-state index contributed by atoms with van der Waals surface area (Å²) >= 11 is 0. The summed E-state index contributed by atoms with van der Waals surface area (Å²) in [6.45, 7) is 0. The van der Waals surface area contributed by atoms with Gasteiger partial charge in [0.05, 0.1) is 14.2 Å². The fraction of sp³-hybridized carbons (Fsp3) is 0.393. The van der Waals surface area contributed by atoms with Crippen molar-refractivity contribution < 1.29 is 14.3 Å². The van der Waals surface area contributed by atoms with Gasteiger partial charge >= 0.3 is 0 Å². The molecular weight excluding hydrogens is 398 g/mol. The Balaban J connectivity index is 1.43. The molecule has 2 aromatic carbocycles. The lowest BCUT2D eigenvalue weighted by molar-refractivity contribution is -0.122. The van der Waals surface area contributed by atoms with E-state index in [1.807, 2.05) is 12.1 Å². The van der Waals surface area contributed by atoms with Crippen LogP contribution in [-0.4, -0.2) is 20.1 Å². The zero-order valence-electron chi connectivity index (χ0n) is 19.2. The number of rotatable bonds is 9. The number of hydrogen-bond donors (Lipinski definition) is 1. The first-order valence-electron chi connectivity index (χ1n) is 11.6. The van der Waals surface area contributed by atoms with E-state index in [1.165, 1.54) is 33.4 Å². The number of fused-ring (bicyclic) bond motifs is 2. The number of amides is 1. The number of ether oxygens (including phenoxy) is 2. The fourth-order valence-electron chi connectivity index (χ4n) is 4.98. The molecule has 0 fully saturated rings. The zero-order chi connectivity index (χ0) is 22.5. The van der Waals surface area contributed by atoms with Crippen molar-refractivity contribution in [2.45, 2.75) is 51.4 Å². The number of carbonyl (C=O) groups is 1. The third-order valence-electron chi connectivity index (χ3n) is 6.86. The van der Waals surface area contributed by atoms with Crippen LogP contribution in [0, 0.1) is 5.92 Å². The maximum Gasteiger partial charge on any atom is 0.220 e. The molecule has 0 aromatic heterocycles. The van der Waals surface area contributed by atoms with Gasteiger partial charge in [-0.3, -0.25) is 4.79 Å². The molecule has 2 aromatic rings. The van der Waals surface area contributed by atoms with Crippen LogP contribution in [0.2, 0.25) is 0 Å². The van der Waals surface area contributed by atoms with Crippen molar-refractivity contribution in [2.75, 3.05) is 14.2 Å². The van der Waals surface area contributed by atoms with E-state index >= 15 is 0 Å². The van der Waals surface area contributed by atoms with Gasteiger partial charge in [0, 0.05) is 5.92 Å². The number of hydrogen-bond acceptors (Lipinski definition) is 3. The van der Waals surface area contributed by atoms with Gasteiger partial charge in [0.25, 0.3) is 0 Å². The summed E-state index contributed by atoms with van der Waals surface area (Å²) in [6, 6.07) is 12.6. The largest absolute Gasteiger partial charge is 0.497 e. The summed E-state index contributed by atoms with van der Waals surface area (Å²) in [4.78, 5) is 12.3. The molecule has 0 radical (unpaired) electrons. The van der Waals surface area contributed by atoms with Crippen LogP contribution in [0.3, 0.4) is 0 Å². The number of carbonyl (C=O) groups excluding carboxylic acids is 1. The van der Waals surface area contributed by atoms with Crippen LogP contribution >= 0.6 is 0 Å². The second-order valence-corrected chi connectivity index (χ2v) is 8.76. The van der Waals surface area contributed by atoms with Crippen LogP contribution in [0.25, 0.3) is 11.1 Å². The molecule has 0 unspecified atom stereocenters. The molecule has 4 heteroatoms. The molecule has 2 N–H and O–H groups in total. The molecule has 32 heavy (non-hydrogen) atoms. The van der Waals surface area contributed by atoms with Gasteiger partial charge in [-0.25, -0.2) is 0 Å². The lowest BCUT2D eigenvalue weighted by Crippen LogP contribution is -2.23. The summed E-state index contributed by atoms with van der Waals surface area (Å²) in [5.74, 6) is 1.42. The molecule has 2 aliphatic rings. The first-order chi connectivity index (χ1) is 15.6. The Kier molecular flexibility index (Phi) is 6.99. The van der Waals surface area contributed by atoms with Gasteiger partial charge in [0.1, 0.15) is 11.5 Å². The normalized spacial score (nSPS) is 14.8. The van der Waals surface area contributed by atoms with Crippen LogP contribution in [0.5, 0.6) is 11.5 Å². The van der Waals surface area contributed by atoms with Crippen molar-refractivity contribution in [3.63, 3.8) is 0 Å². The van der Waals surface area contributed by atoms with Gasteiger partial charge in [-0.15, -0.1) is 0 Å². The number of primary amides is 1. The first-order valence-corrected chi connectivity index (χ1v) is 11.6. The smallest absolute Gasteiger partial charge is 0.220 e. The second kappa shape index (κ2) is 10.1. The van der Waals surface area contributed by atoms with Crippen LogP contribution in [0.15, 0.2) is 48.6 Å². The van der Waals surface area contributed by atoms with Crippen LogP contribution in [0.1, 0.15) is 60.8 Å². The predicted molar refractivity (Wildman–Crippen MR) is 130 cm³/mol. The molecule has 0 heterocycles. The number of allylic oxidation sites excluding steroid dienone is 4. The molecule has 0 aliphatic heterocycles. The third-order valence-corrected chi connectivity index (χ3v) is 6.86. The zero-order valence-corrected chi connectivity index (χ0v) is 19.2. The van der Waals surface area contributed by atoms with Crippen molar-refractivity contribution >= 4 is 17.1 Å². The van der Waals surface area contributed by atoms with Gasteiger partial charge in [0.15, 0.2) is 0 Å². The minimum Gasteiger partial charge on any atom is -0.497 e. The highest BCUT2D eigenvalue weighted by atomic mass is 16.5. The lowest BCUT2D eigenvalue weighted by atomic mass is 9.83. The lowest BCUT2D eigenvalue weighted by Gasteiger charge is -2.22. The number of benzene rings is 2. The summed E-state index contributed by atoms with van der Waals surface area (Å²) in [5, 5.41) is 0. The maximum absolute atomic E-state index is 12.3. The van der Waals surface area contributed by atoms with E-state index < -0.39 is 0 Å². The van der Waals surface area contributed by atoms with Crippen LogP contribution in [-0.2, 0) is 17.6 Å². The number of nitrogens with two attached hydrogens (primary N) is 1. The second-order valence-electron chi connectivity index (χ2n) is 8.76. The van der Waals surface area contributed by atoms with Crippen molar-refractivity contribution in [3.05, 3.63) is 70.8 Å². The van der Waals surface area contributed by atoms with Gasteiger partial charge in [0.2, 0.25) is 5.91 Å². The molecule has 0 spiro atoms. The average molecular weight is 432 g/mol. The highest BCUT2D eigenvalue weighted by Crippen LogP contribution is 2.36. The summed E-state index contributed by atoms with van der Waals surface area (Å²) in [7, 11) is 3.40. The molecule has 1 amide bonds. The van der Waals surface area contributed by atoms with Crippen molar-refractivity contribution in [1.82, 2.24) is 0 Å². The topological polar surface area (TPSA) is 61.6 Å². The van der Waals surface area contributed by atoms with Gasteiger partial charge in [-0.1, -0.05) is 24.3 Å². The monoisotopic (exact) mass is 431 g/mol. The van der Waals surface area contributed by atoms with Crippen molar-refractivity contribution in [2.24, 2.45) is 11.7 Å². The maximum atomic E-state index is 12.3. The molecule has 4 rings (SSSR count). The quantitative estimate of drug-likeness (QED) is 0.552. The molecule has 0 saturated carbocycles. The Morgan fingerprint density at radius 2 is 1.31 bits per heavy atom. The number of methoxy groups -OCH3 is 2. The molecule has 4 nitrogen and oxygen atoms in total. The Hall–Kier alpha value is -3.01. The summed E-state index contributed by atoms with van der Waals surface area (Å²) < 4.78 is 10.9. The van der Waals surface area contributed by atoms with E-state index in [1.54, 1.807) is 14.2 Å². The minimum absolute atomic E-state index is 0.135. The standard InChI is InChI=1S/C28H33NO3/c1-31-24-15-13-21-7-3-5-19(26(21)17-24)9-11-23(28(29)30)12-10-20-6-4-8-22-14-16-25(32-2)18-27(20)22/h5-6,13-18,23H,3-4,7-12H2,1-2H3,(H2,29,30). The van der Waals surface area contributed by atoms with E-state index in [0.29, 0.717) is 0 Å². The van der Waals surface area contributed by atoms with E-state index in [-0.39, 0.29) is 11.8 Å². The van der Waals surface area contributed by atoms with Gasteiger partial charge in [-0.05, 0) is 109 Å². The van der Waals surface area contributed by atoms with Gasteiger partial charge in [-0.2, -0.15) is 0 Å². The Labute approximate surface area is 191 Å². The predicted octanol–water partition coefficient (Wildman–Crippen LogP) is 5.73. The molecular formula is C28H33NO3. The van der Waals surface area contributed by atoms with Crippen molar-refractivity contribution in [1.29, 1.82) is 0 Å². The average Bonchev–Trinajstić information content (AvgIpc) is 2.83. The van der Waals surface area contributed by atoms with Crippen molar-refractivity contribution in [3.8, 4) is 11.5 Å². The van der Waals surface area contributed by atoms with E-state index in [2.05, 4.69) is 36.4 Å². The Morgan fingerprint density at radius 1 is 0.844 bits per heavy atom. The Morgan fingerprint density at radius 3 is 1.72 bits per heavy atom. The first kappa shape index (κ1) is 22.2. The summed E-state index contributed by atoms with van der Waals surface area (Å²) in [6.07, 6.45) is 12.1.